The summed E-state index contributed by atoms with van der Waals surface area (Å²) in [4.78, 5) is 0. The molecule has 66 valence electrons. The molecule has 1 saturated carbocycles. The van der Waals surface area contributed by atoms with Crippen molar-refractivity contribution in [2.45, 2.75) is 52.1 Å². The minimum Gasteiger partial charge on any atom is -0.390 e. The first-order valence-corrected chi connectivity index (χ1v) is 4.78. The van der Waals surface area contributed by atoms with Crippen LogP contribution in [0.2, 0.25) is 0 Å². The Morgan fingerprint density at radius 3 is 2.45 bits per heavy atom. The number of hydrogen-bond donors (Lipinski definition) is 1. The van der Waals surface area contributed by atoms with Crippen molar-refractivity contribution in [1.82, 2.24) is 0 Å². The Labute approximate surface area is 69.8 Å². The third-order valence-electron chi connectivity index (χ3n) is 3.07. The zero-order valence-corrected chi connectivity index (χ0v) is 7.93. The molecule has 0 aromatic rings. The molecule has 1 aliphatic rings. The maximum absolute atomic E-state index is 9.99. The molecule has 0 amide bonds. The van der Waals surface area contributed by atoms with Gasteiger partial charge in [-0.3, -0.25) is 0 Å². The summed E-state index contributed by atoms with van der Waals surface area (Å²) in [5.41, 5.74) is -0.407. The molecule has 1 aliphatic carbocycles. The minimum absolute atomic E-state index is 0.407. The zero-order chi connectivity index (χ0) is 8.48. The van der Waals surface area contributed by atoms with Gasteiger partial charge in [0.1, 0.15) is 0 Å². The van der Waals surface area contributed by atoms with Crippen LogP contribution in [0.5, 0.6) is 0 Å². The van der Waals surface area contributed by atoms with Crippen LogP contribution >= 0.6 is 0 Å². The van der Waals surface area contributed by atoms with E-state index in [1.54, 1.807) is 0 Å². The van der Waals surface area contributed by atoms with Crippen LogP contribution in [0.15, 0.2) is 0 Å². The van der Waals surface area contributed by atoms with Gasteiger partial charge in [0.2, 0.25) is 0 Å². The highest BCUT2D eigenvalue weighted by Gasteiger charge is 2.34. The summed E-state index contributed by atoms with van der Waals surface area (Å²) in [7, 11) is 0. The third kappa shape index (κ3) is 2.48. The average molecular weight is 156 g/mol. The van der Waals surface area contributed by atoms with E-state index >= 15 is 0 Å². The molecule has 2 unspecified atom stereocenters. The SMILES string of the molecule is CCC(C)C(C)(O)CC1CC1. The fraction of sp³-hybridized carbons (Fsp3) is 1.00. The normalized spacial score (nSPS) is 26.2. The van der Waals surface area contributed by atoms with Crippen LogP contribution in [0.4, 0.5) is 0 Å². The Bertz CT molecular complexity index is 125. The monoisotopic (exact) mass is 156 g/mol. The molecule has 0 saturated heterocycles. The maximum atomic E-state index is 9.99. The first-order chi connectivity index (χ1) is 5.06. The van der Waals surface area contributed by atoms with Crippen LogP contribution < -0.4 is 0 Å². The van der Waals surface area contributed by atoms with Gasteiger partial charge < -0.3 is 5.11 Å². The van der Waals surface area contributed by atoms with E-state index in [4.69, 9.17) is 0 Å². The molecule has 1 N–H and O–H groups in total. The smallest absolute Gasteiger partial charge is 0.0647 e. The lowest BCUT2D eigenvalue weighted by Crippen LogP contribution is -2.32. The quantitative estimate of drug-likeness (QED) is 0.663. The number of hydrogen-bond acceptors (Lipinski definition) is 1. The van der Waals surface area contributed by atoms with Gasteiger partial charge in [-0.05, 0) is 25.2 Å². The lowest BCUT2D eigenvalue weighted by Gasteiger charge is -2.29. The summed E-state index contributed by atoms with van der Waals surface area (Å²) < 4.78 is 0. The summed E-state index contributed by atoms with van der Waals surface area (Å²) in [5, 5.41) is 9.99. The van der Waals surface area contributed by atoms with Crippen LogP contribution in [0, 0.1) is 11.8 Å². The van der Waals surface area contributed by atoms with Gasteiger partial charge in [-0.2, -0.15) is 0 Å². The highest BCUT2D eigenvalue weighted by molar-refractivity contribution is 4.86. The van der Waals surface area contributed by atoms with E-state index in [1.165, 1.54) is 12.8 Å². The number of aliphatic hydroxyl groups is 1. The van der Waals surface area contributed by atoms with E-state index in [9.17, 15) is 5.11 Å². The third-order valence-corrected chi connectivity index (χ3v) is 3.07. The van der Waals surface area contributed by atoms with Gasteiger partial charge in [0.15, 0.2) is 0 Å². The highest BCUT2D eigenvalue weighted by atomic mass is 16.3. The molecule has 0 heterocycles. The van der Waals surface area contributed by atoms with Gasteiger partial charge in [-0.1, -0.05) is 33.1 Å². The second-order valence-electron chi connectivity index (χ2n) is 4.31. The Balaban J connectivity index is 2.35. The molecule has 0 aliphatic heterocycles. The minimum atomic E-state index is -0.407. The molecular formula is C10H20O. The number of rotatable bonds is 4. The van der Waals surface area contributed by atoms with E-state index in [0.717, 1.165) is 18.8 Å². The summed E-state index contributed by atoms with van der Waals surface area (Å²) in [6, 6.07) is 0. The van der Waals surface area contributed by atoms with E-state index in [1.807, 2.05) is 6.92 Å². The van der Waals surface area contributed by atoms with Crippen molar-refractivity contribution in [3.8, 4) is 0 Å². The molecular weight excluding hydrogens is 136 g/mol. The summed E-state index contributed by atoms with van der Waals surface area (Å²) in [6.07, 6.45) is 4.78. The summed E-state index contributed by atoms with van der Waals surface area (Å²) in [6.45, 7) is 6.27. The average Bonchev–Trinajstić information content (AvgIpc) is 2.69. The Morgan fingerprint density at radius 2 is 2.09 bits per heavy atom. The van der Waals surface area contributed by atoms with Gasteiger partial charge in [-0.25, -0.2) is 0 Å². The van der Waals surface area contributed by atoms with E-state index in [2.05, 4.69) is 13.8 Å². The van der Waals surface area contributed by atoms with Gasteiger partial charge in [0.05, 0.1) is 5.60 Å². The standard InChI is InChI=1S/C10H20O/c1-4-8(2)10(3,11)7-9-5-6-9/h8-9,11H,4-7H2,1-3H3. The lowest BCUT2D eigenvalue weighted by atomic mass is 9.84. The van der Waals surface area contributed by atoms with Crippen LogP contribution in [0.1, 0.15) is 46.5 Å². The van der Waals surface area contributed by atoms with Crippen LogP contribution in [0.25, 0.3) is 0 Å². The summed E-state index contributed by atoms with van der Waals surface area (Å²) in [5.74, 6) is 1.28. The zero-order valence-electron chi connectivity index (χ0n) is 7.93. The van der Waals surface area contributed by atoms with Gasteiger partial charge in [-0.15, -0.1) is 0 Å². The maximum Gasteiger partial charge on any atom is 0.0647 e. The molecule has 1 heteroatoms. The van der Waals surface area contributed by atoms with Gasteiger partial charge in [0, 0.05) is 0 Å². The molecule has 2 atom stereocenters. The second-order valence-corrected chi connectivity index (χ2v) is 4.31. The predicted octanol–water partition coefficient (Wildman–Crippen LogP) is 2.58. The fourth-order valence-corrected chi connectivity index (χ4v) is 1.55. The fourth-order valence-electron chi connectivity index (χ4n) is 1.55. The highest BCUT2D eigenvalue weighted by Crippen LogP contribution is 2.39. The van der Waals surface area contributed by atoms with Crippen molar-refractivity contribution in [2.75, 3.05) is 0 Å². The van der Waals surface area contributed by atoms with Crippen LogP contribution in [0.3, 0.4) is 0 Å². The van der Waals surface area contributed by atoms with Crippen molar-refractivity contribution in [3.05, 3.63) is 0 Å². The largest absolute Gasteiger partial charge is 0.390 e. The molecule has 0 bridgehead atoms. The Kier molecular flexibility index (Phi) is 2.58. The van der Waals surface area contributed by atoms with E-state index in [0.29, 0.717) is 5.92 Å². The molecule has 1 rings (SSSR count). The van der Waals surface area contributed by atoms with Crippen molar-refractivity contribution in [2.24, 2.45) is 11.8 Å². The van der Waals surface area contributed by atoms with Crippen LogP contribution in [-0.2, 0) is 0 Å². The molecule has 0 radical (unpaired) electrons. The molecule has 1 nitrogen and oxygen atoms in total. The first kappa shape index (κ1) is 9.05. The molecule has 1 fully saturated rings. The van der Waals surface area contributed by atoms with E-state index in [-0.39, 0.29) is 0 Å². The molecule has 11 heavy (non-hydrogen) atoms. The van der Waals surface area contributed by atoms with Crippen LogP contribution in [-0.4, -0.2) is 10.7 Å². The molecule has 0 spiro atoms. The molecule has 0 aromatic heterocycles. The van der Waals surface area contributed by atoms with Gasteiger partial charge >= 0.3 is 0 Å². The Morgan fingerprint density at radius 1 is 1.55 bits per heavy atom. The summed E-state index contributed by atoms with van der Waals surface area (Å²) >= 11 is 0. The van der Waals surface area contributed by atoms with Crippen molar-refractivity contribution in [1.29, 1.82) is 0 Å². The Hall–Kier alpha value is -0.0400. The predicted molar refractivity (Wildman–Crippen MR) is 47.4 cm³/mol. The lowest BCUT2D eigenvalue weighted by molar-refractivity contribution is -0.00801. The van der Waals surface area contributed by atoms with Crippen molar-refractivity contribution < 1.29 is 5.11 Å². The molecule has 0 aromatic carbocycles. The van der Waals surface area contributed by atoms with E-state index < -0.39 is 5.60 Å². The second kappa shape index (κ2) is 3.14. The topological polar surface area (TPSA) is 20.2 Å². The van der Waals surface area contributed by atoms with Crippen molar-refractivity contribution >= 4 is 0 Å². The van der Waals surface area contributed by atoms with Gasteiger partial charge in [0.25, 0.3) is 0 Å². The first-order valence-electron chi connectivity index (χ1n) is 4.78. The van der Waals surface area contributed by atoms with Crippen molar-refractivity contribution in [3.63, 3.8) is 0 Å².